The van der Waals surface area contributed by atoms with Crippen LogP contribution in [0.1, 0.15) is 104 Å². The number of thiophene rings is 1. The first-order valence-electron chi connectivity index (χ1n) is 27.3. The summed E-state index contributed by atoms with van der Waals surface area (Å²) in [4.78, 5) is 7.88. The van der Waals surface area contributed by atoms with Crippen molar-refractivity contribution in [2.45, 2.75) is 123 Å². The molecule has 0 fully saturated rings. The minimum Gasteiger partial charge on any atom is -0.311 e. The first-order valence-corrected chi connectivity index (χ1v) is 31.6. The summed E-state index contributed by atoms with van der Waals surface area (Å²) in [6, 6.07) is 67.8. The van der Waals surface area contributed by atoms with E-state index in [1.54, 1.807) is 0 Å². The Bertz CT molecular complexity index is 3670. The number of anilines is 9. The Balaban J connectivity index is 1.25. The summed E-state index contributed by atoms with van der Waals surface area (Å²) in [6.07, 6.45) is 2.30. The van der Waals surface area contributed by atoms with Crippen LogP contribution in [-0.4, -0.2) is 14.8 Å². The van der Waals surface area contributed by atoms with Gasteiger partial charge in [0.2, 0.25) is 0 Å². The van der Waals surface area contributed by atoms with Gasteiger partial charge in [-0.15, -0.1) is 11.3 Å². The van der Waals surface area contributed by atoms with Crippen LogP contribution in [-0.2, 0) is 21.7 Å². The van der Waals surface area contributed by atoms with Crippen LogP contribution in [0.15, 0.2) is 176 Å². The van der Waals surface area contributed by atoms with Gasteiger partial charge in [0, 0.05) is 54.7 Å². The second-order valence-corrected chi connectivity index (χ2v) is 32.3. The normalized spacial score (nSPS) is 15.6. The fourth-order valence-electron chi connectivity index (χ4n) is 12.5. The molecule has 0 unspecified atom stereocenters. The largest absolute Gasteiger partial charge is 0.311 e. The first-order chi connectivity index (χ1) is 35.6. The third-order valence-electron chi connectivity index (χ3n) is 16.9. The Morgan fingerprint density at radius 3 is 1.72 bits per heavy atom. The van der Waals surface area contributed by atoms with Gasteiger partial charge in [-0.1, -0.05) is 197 Å². The lowest BCUT2D eigenvalue weighted by Gasteiger charge is -2.47. The quantitative estimate of drug-likeness (QED) is 0.147. The van der Waals surface area contributed by atoms with Crippen LogP contribution in [0.4, 0.5) is 51.2 Å². The van der Waals surface area contributed by atoms with Crippen molar-refractivity contribution in [3.63, 3.8) is 0 Å². The van der Waals surface area contributed by atoms with Crippen LogP contribution in [0.3, 0.4) is 0 Å². The van der Waals surface area contributed by atoms with E-state index in [1.165, 1.54) is 92.8 Å². The molecule has 12 rings (SSSR count). The Morgan fingerprint density at radius 1 is 0.520 bits per heavy atom. The SMILES string of the molecule is CC(C)(C)c1ccc2sc3c(c2c1)N(c1ccc(-c2ccccc2)cc1)c1cc(N(c2ccccc2)c2ccc([Si](C)(C)C)cc2)cc2c1B3c1cc3c(cc1N2c1ccccc1C(C)(C)C)C(C)(C)CCC3(C)C. The van der Waals surface area contributed by atoms with Crippen LogP contribution in [0, 0.1) is 0 Å². The van der Waals surface area contributed by atoms with E-state index in [1.807, 2.05) is 11.3 Å². The van der Waals surface area contributed by atoms with Crippen molar-refractivity contribution in [2.24, 2.45) is 0 Å². The van der Waals surface area contributed by atoms with E-state index in [0.717, 1.165) is 35.6 Å². The minimum absolute atomic E-state index is 0.00989. The fraction of sp³-hybridized carbons (Fsp3) is 0.275. The average Bonchev–Trinajstić information content (AvgIpc) is 3.77. The zero-order valence-electron chi connectivity index (χ0n) is 46.5. The van der Waals surface area contributed by atoms with E-state index < -0.39 is 8.07 Å². The molecule has 0 amide bonds. The van der Waals surface area contributed by atoms with Crippen molar-refractivity contribution in [1.82, 2.24) is 0 Å². The second-order valence-electron chi connectivity index (χ2n) is 26.1. The lowest BCUT2D eigenvalue weighted by Crippen LogP contribution is -2.61. The number of nitrogens with zero attached hydrogens (tertiary/aromatic N) is 3. The summed E-state index contributed by atoms with van der Waals surface area (Å²) in [7, 11) is -1.58. The number of hydrogen-bond acceptors (Lipinski definition) is 4. The summed E-state index contributed by atoms with van der Waals surface area (Å²) < 4.78 is 2.73. The second kappa shape index (κ2) is 17.5. The van der Waals surface area contributed by atoms with Crippen LogP contribution in [0.5, 0.6) is 0 Å². The molecule has 6 heteroatoms. The third kappa shape index (κ3) is 8.30. The van der Waals surface area contributed by atoms with Crippen molar-refractivity contribution in [2.75, 3.05) is 14.7 Å². The van der Waals surface area contributed by atoms with Crippen molar-refractivity contribution >= 4 is 108 Å². The molecule has 9 aromatic rings. The molecule has 0 radical (unpaired) electrons. The van der Waals surface area contributed by atoms with E-state index in [9.17, 15) is 0 Å². The van der Waals surface area contributed by atoms with Crippen LogP contribution in [0.2, 0.25) is 19.6 Å². The molecular formula is C69H72BN3SSi. The summed E-state index contributed by atoms with van der Waals surface area (Å²) in [5.74, 6) is 0. The Kier molecular flexibility index (Phi) is 11.5. The highest BCUT2D eigenvalue weighted by atomic mass is 32.1. The molecule has 376 valence electrons. The standard InChI is InChI=1S/C69H72BN3SSi/c1-66(2,3)47-30-37-62-53(40-47)64-65(74-62)70-57-43-55-56(69(9,10)39-38-68(55,7)8)44-59(57)73(58-27-21-20-26-54(58)67(4,5)6)61-42-51(71(48-24-18-15-19-25-48)49-33-35-52(36-34-49)75(11,12)13)41-60(63(61)70)72(64)50-31-28-46(29-32-50)45-22-16-14-17-23-45/h14-37,40-44H,38-39H2,1-13H3. The molecule has 0 saturated carbocycles. The van der Waals surface area contributed by atoms with Crippen molar-refractivity contribution in [3.05, 3.63) is 198 Å². The predicted molar refractivity (Wildman–Crippen MR) is 332 cm³/mol. The number of benzene rings is 8. The molecule has 75 heavy (non-hydrogen) atoms. The molecule has 2 aliphatic heterocycles. The first kappa shape index (κ1) is 49.3. The topological polar surface area (TPSA) is 9.72 Å². The van der Waals surface area contributed by atoms with Crippen molar-refractivity contribution < 1.29 is 0 Å². The molecule has 0 atom stereocenters. The van der Waals surface area contributed by atoms with Gasteiger partial charge in [0.1, 0.15) is 0 Å². The Hall–Kier alpha value is -6.60. The smallest absolute Gasteiger partial charge is 0.264 e. The average molecular weight is 1010 g/mol. The van der Waals surface area contributed by atoms with Gasteiger partial charge >= 0.3 is 0 Å². The van der Waals surface area contributed by atoms with Gasteiger partial charge in [-0.25, -0.2) is 0 Å². The maximum Gasteiger partial charge on any atom is 0.264 e. The molecule has 1 aliphatic carbocycles. The maximum absolute atomic E-state index is 2.71. The van der Waals surface area contributed by atoms with Crippen LogP contribution < -0.4 is 35.6 Å². The molecule has 8 aromatic carbocycles. The fourth-order valence-corrected chi connectivity index (χ4v) is 15.0. The van der Waals surface area contributed by atoms with E-state index in [4.69, 9.17) is 0 Å². The molecule has 0 N–H and O–H groups in total. The van der Waals surface area contributed by atoms with Gasteiger partial charge in [0.05, 0.1) is 19.4 Å². The summed E-state index contributed by atoms with van der Waals surface area (Å²) in [6.45, 7) is 31.4. The van der Waals surface area contributed by atoms with Crippen molar-refractivity contribution in [1.29, 1.82) is 0 Å². The third-order valence-corrected chi connectivity index (χ3v) is 20.2. The highest BCUT2D eigenvalue weighted by molar-refractivity contribution is 7.33. The molecule has 3 aliphatic rings. The predicted octanol–water partition coefficient (Wildman–Crippen LogP) is 17.6. The van der Waals surface area contributed by atoms with Gasteiger partial charge in [0.15, 0.2) is 0 Å². The van der Waals surface area contributed by atoms with Gasteiger partial charge < -0.3 is 14.7 Å². The Morgan fingerprint density at radius 2 is 1.09 bits per heavy atom. The summed E-state index contributed by atoms with van der Waals surface area (Å²) in [5.41, 5.74) is 21.5. The monoisotopic (exact) mass is 1010 g/mol. The van der Waals surface area contributed by atoms with Crippen LogP contribution >= 0.6 is 11.3 Å². The van der Waals surface area contributed by atoms with E-state index in [-0.39, 0.29) is 28.4 Å². The zero-order chi connectivity index (χ0) is 52.6. The number of fused-ring (bicyclic) bond motifs is 7. The molecule has 1 aromatic heterocycles. The molecule has 0 bridgehead atoms. The number of para-hydroxylation sites is 2. The molecule has 0 saturated heterocycles. The Labute approximate surface area is 453 Å². The van der Waals surface area contributed by atoms with Crippen LogP contribution in [0.25, 0.3) is 21.2 Å². The number of rotatable bonds is 7. The highest BCUT2D eigenvalue weighted by Crippen LogP contribution is 2.54. The van der Waals surface area contributed by atoms with Gasteiger partial charge in [-0.2, -0.15) is 0 Å². The lowest BCUT2D eigenvalue weighted by molar-refractivity contribution is 0.332. The highest BCUT2D eigenvalue weighted by Gasteiger charge is 2.49. The maximum atomic E-state index is 2.71. The van der Waals surface area contributed by atoms with Crippen molar-refractivity contribution in [3.8, 4) is 11.1 Å². The van der Waals surface area contributed by atoms with Gasteiger partial charge in [0.25, 0.3) is 6.71 Å². The van der Waals surface area contributed by atoms with Gasteiger partial charge in [-0.05, 0) is 152 Å². The van der Waals surface area contributed by atoms with Gasteiger partial charge in [-0.3, -0.25) is 0 Å². The van der Waals surface area contributed by atoms with E-state index in [0.29, 0.717) is 0 Å². The zero-order valence-corrected chi connectivity index (χ0v) is 48.3. The summed E-state index contributed by atoms with van der Waals surface area (Å²) >= 11 is 2.00. The summed E-state index contributed by atoms with van der Waals surface area (Å²) in [5, 5.41) is 2.77. The molecule has 3 nitrogen and oxygen atoms in total. The van der Waals surface area contributed by atoms with E-state index in [2.05, 4.69) is 280 Å². The molecule has 0 spiro atoms. The molecule has 3 heterocycles. The number of hydrogen-bond donors (Lipinski definition) is 0. The lowest BCUT2D eigenvalue weighted by atomic mass is 9.35. The van der Waals surface area contributed by atoms with E-state index >= 15 is 0 Å². The molecular weight excluding hydrogens is 942 g/mol. The minimum atomic E-state index is -1.58.